The van der Waals surface area contributed by atoms with Crippen molar-refractivity contribution in [2.24, 2.45) is 5.92 Å². The van der Waals surface area contributed by atoms with E-state index in [1.807, 2.05) is 0 Å². The van der Waals surface area contributed by atoms with Gasteiger partial charge in [-0.3, -0.25) is 0 Å². The van der Waals surface area contributed by atoms with Crippen molar-refractivity contribution in [1.29, 1.82) is 0 Å². The summed E-state index contributed by atoms with van der Waals surface area (Å²) in [5, 5.41) is 0. The number of allylic oxidation sites excluding steroid dienone is 2. The third kappa shape index (κ3) is 1.94. The molecule has 11 heavy (non-hydrogen) atoms. The summed E-state index contributed by atoms with van der Waals surface area (Å²) >= 11 is 3.55. The minimum Gasteiger partial charge on any atom is -0.306 e. The molecule has 0 aromatic rings. The van der Waals surface area contributed by atoms with E-state index < -0.39 is 0 Å². The Hall–Kier alpha value is -0.0800. The van der Waals surface area contributed by atoms with E-state index in [1.54, 1.807) is 0 Å². The molecule has 1 aliphatic carbocycles. The first kappa shape index (κ1) is 9.01. The van der Waals surface area contributed by atoms with Gasteiger partial charge in [0.1, 0.15) is 0 Å². The minimum absolute atomic E-state index is 0.546. The van der Waals surface area contributed by atoms with E-state index in [0.717, 1.165) is 0 Å². The largest absolute Gasteiger partial charge is 0.306 e. The monoisotopic (exact) mass is 215 g/mol. The fourth-order valence-electron chi connectivity index (χ4n) is 1.18. The Labute approximate surface area is 76.9 Å². The standard InChI is InChI=1S/C9H14BrN/c1-7(11(2)3)8-5-4-6-9(8)10/h4-8H,1-3H3/t7-,8?/m1/s1. The van der Waals surface area contributed by atoms with Crippen LogP contribution < -0.4 is 0 Å². The van der Waals surface area contributed by atoms with Crippen LogP contribution in [0.2, 0.25) is 0 Å². The van der Waals surface area contributed by atoms with Crippen LogP contribution in [-0.4, -0.2) is 25.0 Å². The molecule has 0 aromatic heterocycles. The molecule has 1 aliphatic rings. The van der Waals surface area contributed by atoms with Gasteiger partial charge in [-0.2, -0.15) is 0 Å². The van der Waals surface area contributed by atoms with E-state index in [2.05, 4.69) is 60.1 Å². The molecule has 0 radical (unpaired) electrons. The summed E-state index contributed by atoms with van der Waals surface area (Å²) in [5.74, 6) is 0.546. The van der Waals surface area contributed by atoms with Crippen LogP contribution in [0.25, 0.3) is 0 Å². The zero-order valence-corrected chi connectivity index (χ0v) is 8.80. The van der Waals surface area contributed by atoms with Gasteiger partial charge in [0.15, 0.2) is 0 Å². The van der Waals surface area contributed by atoms with Crippen LogP contribution in [0.15, 0.2) is 22.7 Å². The van der Waals surface area contributed by atoms with Crippen LogP contribution in [0.4, 0.5) is 0 Å². The highest BCUT2D eigenvalue weighted by Gasteiger charge is 2.20. The highest BCUT2D eigenvalue weighted by atomic mass is 79.9. The quantitative estimate of drug-likeness (QED) is 0.685. The van der Waals surface area contributed by atoms with Crippen LogP contribution in [0.5, 0.6) is 0 Å². The van der Waals surface area contributed by atoms with E-state index >= 15 is 0 Å². The second kappa shape index (κ2) is 3.55. The molecule has 1 nitrogen and oxygen atoms in total. The maximum atomic E-state index is 3.55. The molecule has 62 valence electrons. The Kier molecular flexibility index (Phi) is 2.90. The Morgan fingerprint density at radius 2 is 2.18 bits per heavy atom. The zero-order chi connectivity index (χ0) is 8.43. The lowest BCUT2D eigenvalue weighted by molar-refractivity contribution is 0.281. The summed E-state index contributed by atoms with van der Waals surface area (Å²) in [6.07, 6.45) is 6.45. The number of nitrogens with zero attached hydrogens (tertiary/aromatic N) is 1. The van der Waals surface area contributed by atoms with Crippen molar-refractivity contribution in [3.05, 3.63) is 22.7 Å². The van der Waals surface area contributed by atoms with Gasteiger partial charge < -0.3 is 4.90 Å². The van der Waals surface area contributed by atoms with Crippen molar-refractivity contribution in [2.45, 2.75) is 13.0 Å². The second-order valence-corrected chi connectivity index (χ2v) is 4.08. The molecule has 0 spiro atoms. The van der Waals surface area contributed by atoms with Crippen molar-refractivity contribution >= 4 is 15.9 Å². The van der Waals surface area contributed by atoms with E-state index in [4.69, 9.17) is 0 Å². The average molecular weight is 216 g/mol. The molecule has 0 heterocycles. The van der Waals surface area contributed by atoms with Gasteiger partial charge in [0.2, 0.25) is 0 Å². The topological polar surface area (TPSA) is 3.24 Å². The fourth-order valence-corrected chi connectivity index (χ4v) is 1.87. The molecular formula is C9H14BrN. The van der Waals surface area contributed by atoms with Crippen LogP contribution in [0, 0.1) is 5.92 Å². The minimum atomic E-state index is 0.546. The average Bonchev–Trinajstić information content (AvgIpc) is 2.33. The van der Waals surface area contributed by atoms with Gasteiger partial charge in [0, 0.05) is 16.4 Å². The molecule has 0 saturated heterocycles. The molecule has 2 heteroatoms. The van der Waals surface area contributed by atoms with Gasteiger partial charge in [0.25, 0.3) is 0 Å². The van der Waals surface area contributed by atoms with Crippen molar-refractivity contribution < 1.29 is 0 Å². The molecule has 0 amide bonds. The number of halogens is 1. The van der Waals surface area contributed by atoms with E-state index in [9.17, 15) is 0 Å². The van der Waals surface area contributed by atoms with Crippen LogP contribution >= 0.6 is 15.9 Å². The van der Waals surface area contributed by atoms with Crippen molar-refractivity contribution in [1.82, 2.24) is 4.90 Å². The lowest BCUT2D eigenvalue weighted by Crippen LogP contribution is -2.30. The summed E-state index contributed by atoms with van der Waals surface area (Å²) in [6, 6.07) is 0.569. The molecule has 0 fully saturated rings. The highest BCUT2D eigenvalue weighted by molar-refractivity contribution is 9.11. The highest BCUT2D eigenvalue weighted by Crippen LogP contribution is 2.28. The molecule has 1 unspecified atom stereocenters. The number of rotatable bonds is 2. The molecule has 0 saturated carbocycles. The lowest BCUT2D eigenvalue weighted by atomic mass is 10.0. The first-order chi connectivity index (χ1) is 5.13. The van der Waals surface area contributed by atoms with Gasteiger partial charge in [-0.05, 0) is 21.0 Å². The first-order valence-electron chi connectivity index (χ1n) is 3.83. The molecule has 1 rings (SSSR count). The zero-order valence-electron chi connectivity index (χ0n) is 7.21. The fraction of sp³-hybridized carbons (Fsp3) is 0.556. The number of hydrogen-bond acceptors (Lipinski definition) is 1. The normalized spacial score (nSPS) is 25.9. The van der Waals surface area contributed by atoms with Crippen LogP contribution in [-0.2, 0) is 0 Å². The summed E-state index contributed by atoms with van der Waals surface area (Å²) in [4.78, 5) is 2.23. The molecule has 0 bridgehead atoms. The molecule has 0 aromatic carbocycles. The van der Waals surface area contributed by atoms with E-state index in [-0.39, 0.29) is 0 Å². The smallest absolute Gasteiger partial charge is 0.0241 e. The van der Waals surface area contributed by atoms with Gasteiger partial charge in [-0.25, -0.2) is 0 Å². The van der Waals surface area contributed by atoms with Crippen LogP contribution in [0.3, 0.4) is 0 Å². The summed E-state index contributed by atoms with van der Waals surface area (Å²) in [6.45, 7) is 2.23. The lowest BCUT2D eigenvalue weighted by Gasteiger charge is -2.25. The van der Waals surface area contributed by atoms with Gasteiger partial charge in [-0.15, -0.1) is 0 Å². The number of hydrogen-bond donors (Lipinski definition) is 0. The molecular weight excluding hydrogens is 202 g/mol. The van der Waals surface area contributed by atoms with Gasteiger partial charge in [0.05, 0.1) is 0 Å². The van der Waals surface area contributed by atoms with Crippen molar-refractivity contribution in [3.8, 4) is 0 Å². The molecule has 0 aliphatic heterocycles. The van der Waals surface area contributed by atoms with E-state index in [1.165, 1.54) is 4.48 Å². The molecule has 2 atom stereocenters. The van der Waals surface area contributed by atoms with Crippen LogP contribution in [0.1, 0.15) is 6.92 Å². The van der Waals surface area contributed by atoms with Crippen molar-refractivity contribution in [3.63, 3.8) is 0 Å². The third-order valence-electron chi connectivity index (χ3n) is 2.23. The Balaban J connectivity index is 2.62. The summed E-state index contributed by atoms with van der Waals surface area (Å²) < 4.78 is 1.29. The molecule has 0 N–H and O–H groups in total. The third-order valence-corrected chi connectivity index (χ3v) is 3.02. The first-order valence-corrected chi connectivity index (χ1v) is 4.62. The van der Waals surface area contributed by atoms with Gasteiger partial charge in [-0.1, -0.05) is 34.2 Å². The predicted octanol–water partition coefficient (Wildman–Crippen LogP) is 2.40. The SMILES string of the molecule is C[C@H](C1C=CC=C1Br)N(C)C. The summed E-state index contributed by atoms with van der Waals surface area (Å²) in [5.41, 5.74) is 0. The second-order valence-electron chi connectivity index (χ2n) is 3.17. The maximum absolute atomic E-state index is 3.55. The maximum Gasteiger partial charge on any atom is 0.0241 e. The Morgan fingerprint density at radius 1 is 1.55 bits per heavy atom. The predicted molar refractivity (Wildman–Crippen MR) is 52.8 cm³/mol. The summed E-state index contributed by atoms with van der Waals surface area (Å²) in [7, 11) is 4.22. The Morgan fingerprint density at radius 3 is 2.55 bits per heavy atom. The van der Waals surface area contributed by atoms with Gasteiger partial charge >= 0.3 is 0 Å². The van der Waals surface area contributed by atoms with Crippen molar-refractivity contribution in [2.75, 3.05) is 14.1 Å². The Bertz CT molecular complexity index is 194. The van der Waals surface area contributed by atoms with E-state index in [0.29, 0.717) is 12.0 Å².